The minimum atomic E-state index is -0.0841. The van der Waals surface area contributed by atoms with Crippen LogP contribution in [0.2, 0.25) is 0 Å². The lowest BCUT2D eigenvalue weighted by Crippen LogP contribution is -2.23. The van der Waals surface area contributed by atoms with E-state index in [-0.39, 0.29) is 12.2 Å². The molecular weight excluding hydrogens is 192 g/mol. The standard InChI is InChI=1S/C9H13ClO3/c1-2-3-11-5-8(4-10)12-6-9-7-13-9/h1,8-9H,3-7H2/t8-,9+/m1/s1. The van der Waals surface area contributed by atoms with Gasteiger partial charge in [-0.2, -0.15) is 0 Å². The smallest absolute Gasteiger partial charge is 0.107 e. The van der Waals surface area contributed by atoms with Crippen molar-refractivity contribution in [1.29, 1.82) is 0 Å². The Kier molecular flexibility index (Phi) is 5.18. The Morgan fingerprint density at radius 2 is 2.46 bits per heavy atom. The quantitative estimate of drug-likeness (QED) is 0.264. The highest BCUT2D eigenvalue weighted by atomic mass is 35.5. The lowest BCUT2D eigenvalue weighted by Gasteiger charge is -2.13. The van der Waals surface area contributed by atoms with Gasteiger partial charge in [-0.05, 0) is 0 Å². The Labute approximate surface area is 83.3 Å². The third kappa shape index (κ3) is 5.12. The summed E-state index contributed by atoms with van der Waals surface area (Å²) in [6.45, 7) is 2.13. The molecule has 0 bridgehead atoms. The Morgan fingerprint density at radius 3 is 3.00 bits per heavy atom. The van der Waals surface area contributed by atoms with E-state index >= 15 is 0 Å². The van der Waals surface area contributed by atoms with E-state index in [0.29, 0.717) is 25.7 Å². The summed E-state index contributed by atoms with van der Waals surface area (Å²) in [4.78, 5) is 0. The molecule has 1 saturated heterocycles. The number of rotatable bonds is 7. The van der Waals surface area contributed by atoms with Gasteiger partial charge in [0.25, 0.3) is 0 Å². The third-order valence-corrected chi connectivity index (χ3v) is 1.93. The van der Waals surface area contributed by atoms with Gasteiger partial charge in [-0.25, -0.2) is 0 Å². The minimum absolute atomic E-state index is 0.0841. The summed E-state index contributed by atoms with van der Waals surface area (Å²) in [5.41, 5.74) is 0. The number of ether oxygens (including phenoxy) is 3. The van der Waals surface area contributed by atoms with Crippen LogP contribution in [-0.2, 0) is 14.2 Å². The van der Waals surface area contributed by atoms with E-state index in [1.54, 1.807) is 0 Å². The monoisotopic (exact) mass is 204 g/mol. The molecule has 2 atom stereocenters. The minimum Gasteiger partial charge on any atom is -0.372 e. The molecule has 0 aliphatic carbocycles. The Hall–Kier alpha value is -0.270. The van der Waals surface area contributed by atoms with Crippen molar-refractivity contribution in [1.82, 2.24) is 0 Å². The third-order valence-electron chi connectivity index (χ3n) is 1.58. The zero-order valence-electron chi connectivity index (χ0n) is 7.37. The lowest BCUT2D eigenvalue weighted by atomic mass is 10.4. The molecule has 1 aliphatic rings. The van der Waals surface area contributed by atoms with Gasteiger partial charge in [0.15, 0.2) is 0 Å². The average molecular weight is 205 g/mol. The van der Waals surface area contributed by atoms with E-state index in [4.69, 9.17) is 32.2 Å². The highest BCUT2D eigenvalue weighted by Gasteiger charge is 2.24. The summed E-state index contributed by atoms with van der Waals surface area (Å²) in [7, 11) is 0. The zero-order valence-corrected chi connectivity index (χ0v) is 8.13. The number of hydrogen-bond acceptors (Lipinski definition) is 3. The maximum atomic E-state index is 5.65. The number of halogens is 1. The van der Waals surface area contributed by atoms with Gasteiger partial charge in [0.05, 0.1) is 31.8 Å². The van der Waals surface area contributed by atoms with Crippen LogP contribution < -0.4 is 0 Å². The number of alkyl halides is 1. The highest BCUT2D eigenvalue weighted by molar-refractivity contribution is 6.18. The van der Waals surface area contributed by atoms with Crippen LogP contribution in [0.4, 0.5) is 0 Å². The topological polar surface area (TPSA) is 31.0 Å². The first-order valence-electron chi connectivity index (χ1n) is 4.17. The summed E-state index contributed by atoms with van der Waals surface area (Å²) < 4.78 is 15.5. The largest absolute Gasteiger partial charge is 0.372 e. The molecule has 0 aromatic carbocycles. The van der Waals surface area contributed by atoms with Crippen LogP contribution in [0.3, 0.4) is 0 Å². The van der Waals surface area contributed by atoms with Crippen molar-refractivity contribution in [3.63, 3.8) is 0 Å². The molecule has 13 heavy (non-hydrogen) atoms. The molecule has 1 fully saturated rings. The van der Waals surface area contributed by atoms with Crippen LogP contribution in [0.1, 0.15) is 0 Å². The highest BCUT2D eigenvalue weighted by Crippen LogP contribution is 2.10. The van der Waals surface area contributed by atoms with E-state index in [1.165, 1.54) is 0 Å². The summed E-state index contributed by atoms with van der Waals surface area (Å²) >= 11 is 5.65. The zero-order chi connectivity index (χ0) is 9.52. The van der Waals surface area contributed by atoms with Crippen molar-refractivity contribution < 1.29 is 14.2 Å². The van der Waals surface area contributed by atoms with E-state index in [2.05, 4.69) is 5.92 Å². The molecule has 0 aromatic heterocycles. The maximum Gasteiger partial charge on any atom is 0.107 e. The Bertz CT molecular complexity index is 174. The fraction of sp³-hybridized carbons (Fsp3) is 0.778. The van der Waals surface area contributed by atoms with E-state index in [9.17, 15) is 0 Å². The van der Waals surface area contributed by atoms with Crippen molar-refractivity contribution in [3.05, 3.63) is 0 Å². The molecule has 0 aromatic rings. The average Bonchev–Trinajstić information content (AvgIpc) is 2.94. The molecular formula is C9H13ClO3. The fourth-order valence-electron chi connectivity index (χ4n) is 0.794. The Morgan fingerprint density at radius 1 is 1.69 bits per heavy atom. The van der Waals surface area contributed by atoms with Crippen molar-refractivity contribution in [2.24, 2.45) is 0 Å². The number of hydrogen-bond donors (Lipinski definition) is 0. The normalized spacial score (nSPS) is 22.3. The molecule has 0 unspecified atom stereocenters. The van der Waals surface area contributed by atoms with Crippen LogP contribution in [0.15, 0.2) is 0 Å². The van der Waals surface area contributed by atoms with E-state index in [0.717, 1.165) is 6.61 Å². The predicted molar refractivity (Wildman–Crippen MR) is 49.9 cm³/mol. The van der Waals surface area contributed by atoms with Gasteiger partial charge < -0.3 is 14.2 Å². The molecule has 0 saturated carbocycles. The van der Waals surface area contributed by atoms with Gasteiger partial charge in [0.2, 0.25) is 0 Å². The first kappa shape index (κ1) is 10.8. The van der Waals surface area contributed by atoms with E-state index < -0.39 is 0 Å². The fourth-order valence-corrected chi connectivity index (χ4v) is 0.972. The molecule has 1 aliphatic heterocycles. The van der Waals surface area contributed by atoms with Gasteiger partial charge >= 0.3 is 0 Å². The molecule has 0 amide bonds. The van der Waals surface area contributed by atoms with E-state index in [1.807, 2.05) is 0 Å². The van der Waals surface area contributed by atoms with Crippen molar-refractivity contribution in [3.8, 4) is 12.3 Å². The molecule has 3 nitrogen and oxygen atoms in total. The van der Waals surface area contributed by atoms with Crippen molar-refractivity contribution in [2.45, 2.75) is 12.2 Å². The second kappa shape index (κ2) is 6.22. The van der Waals surface area contributed by atoms with Gasteiger partial charge in [-0.15, -0.1) is 18.0 Å². The number of terminal acetylenes is 1. The molecule has 0 N–H and O–H groups in total. The van der Waals surface area contributed by atoms with Crippen LogP contribution in [0.25, 0.3) is 0 Å². The molecule has 4 heteroatoms. The molecule has 1 heterocycles. The van der Waals surface area contributed by atoms with Crippen LogP contribution in [0, 0.1) is 12.3 Å². The van der Waals surface area contributed by atoms with Crippen molar-refractivity contribution >= 4 is 11.6 Å². The lowest BCUT2D eigenvalue weighted by molar-refractivity contribution is -0.00201. The first-order valence-corrected chi connectivity index (χ1v) is 4.70. The van der Waals surface area contributed by atoms with Gasteiger partial charge in [0, 0.05) is 0 Å². The van der Waals surface area contributed by atoms with Crippen LogP contribution >= 0.6 is 11.6 Å². The van der Waals surface area contributed by atoms with Gasteiger partial charge in [0.1, 0.15) is 12.7 Å². The van der Waals surface area contributed by atoms with Gasteiger partial charge in [-0.3, -0.25) is 0 Å². The van der Waals surface area contributed by atoms with Crippen molar-refractivity contribution in [2.75, 3.05) is 32.3 Å². The van der Waals surface area contributed by atoms with Gasteiger partial charge in [-0.1, -0.05) is 5.92 Å². The second-order valence-electron chi connectivity index (χ2n) is 2.78. The molecule has 74 valence electrons. The summed E-state index contributed by atoms with van der Waals surface area (Å²) in [5.74, 6) is 2.79. The van der Waals surface area contributed by atoms with Crippen LogP contribution in [-0.4, -0.2) is 44.5 Å². The van der Waals surface area contributed by atoms with Crippen LogP contribution in [0.5, 0.6) is 0 Å². The second-order valence-corrected chi connectivity index (χ2v) is 3.09. The first-order chi connectivity index (χ1) is 6.36. The SMILES string of the molecule is C#CCOC[C@@H](CCl)OC[C@H]1CO1. The summed E-state index contributed by atoms with van der Waals surface area (Å²) in [5, 5.41) is 0. The molecule has 1 rings (SSSR count). The molecule has 0 spiro atoms. The Balaban J connectivity index is 1.99. The predicted octanol–water partition coefficient (Wildman–Crippen LogP) is 0.659. The molecule has 0 radical (unpaired) electrons. The summed E-state index contributed by atoms with van der Waals surface area (Å²) in [6, 6.07) is 0. The number of epoxide rings is 1. The summed E-state index contributed by atoms with van der Waals surface area (Å²) in [6.07, 6.45) is 5.20. The maximum absolute atomic E-state index is 5.65.